The van der Waals surface area contributed by atoms with Crippen LogP contribution in [0.2, 0.25) is 0 Å². The molecule has 0 nitrogen and oxygen atoms in total. The van der Waals surface area contributed by atoms with Crippen LogP contribution in [0.3, 0.4) is 0 Å². The molecule has 0 radical (unpaired) electrons. The van der Waals surface area contributed by atoms with E-state index in [1.165, 1.54) is 6.08 Å². The average molecular weight is 237 g/mol. The van der Waals surface area contributed by atoms with Crippen molar-refractivity contribution >= 4 is 11.6 Å². The Kier molecular flexibility index (Phi) is 3.66. The normalized spacial score (nSPS) is 25.9. The van der Waals surface area contributed by atoms with Crippen LogP contribution >= 0.6 is 11.6 Å². The molecular weight excluding hydrogens is 225 g/mol. The van der Waals surface area contributed by atoms with Crippen LogP contribution in [0.4, 0.5) is 13.2 Å². The van der Waals surface area contributed by atoms with E-state index >= 15 is 0 Å². The van der Waals surface area contributed by atoms with E-state index in [1.807, 2.05) is 0 Å². The molecular formula is C11H12ClF3. The molecule has 0 spiro atoms. The maximum atomic E-state index is 12.6. The first-order chi connectivity index (χ1) is 6.90. The van der Waals surface area contributed by atoms with Gasteiger partial charge in [-0.3, -0.25) is 0 Å². The van der Waals surface area contributed by atoms with Crippen LogP contribution in [0, 0.1) is 5.92 Å². The van der Waals surface area contributed by atoms with Crippen molar-refractivity contribution in [1.29, 1.82) is 0 Å². The molecule has 0 aromatic carbocycles. The van der Waals surface area contributed by atoms with Gasteiger partial charge in [0.15, 0.2) is 0 Å². The monoisotopic (exact) mass is 236 g/mol. The van der Waals surface area contributed by atoms with Gasteiger partial charge in [0.05, 0.1) is 5.92 Å². The van der Waals surface area contributed by atoms with E-state index in [0.717, 1.165) is 0 Å². The van der Waals surface area contributed by atoms with Gasteiger partial charge in [-0.05, 0) is 30.9 Å². The van der Waals surface area contributed by atoms with Gasteiger partial charge in [-0.2, -0.15) is 13.2 Å². The summed E-state index contributed by atoms with van der Waals surface area (Å²) in [6, 6.07) is 0. The quantitative estimate of drug-likeness (QED) is 0.625. The van der Waals surface area contributed by atoms with E-state index in [0.29, 0.717) is 16.2 Å². The zero-order valence-corrected chi connectivity index (χ0v) is 9.12. The SMILES string of the molecule is C=CC1=C(Cl)/C(=C/C)CC(C(F)(F)F)C1. The van der Waals surface area contributed by atoms with Gasteiger partial charge in [-0.1, -0.05) is 30.3 Å². The van der Waals surface area contributed by atoms with Crippen molar-refractivity contribution in [2.24, 2.45) is 5.92 Å². The van der Waals surface area contributed by atoms with E-state index in [1.54, 1.807) is 13.0 Å². The molecule has 1 unspecified atom stereocenters. The lowest BCUT2D eigenvalue weighted by Gasteiger charge is -2.27. The Morgan fingerprint density at radius 3 is 2.40 bits per heavy atom. The van der Waals surface area contributed by atoms with E-state index in [-0.39, 0.29) is 12.8 Å². The Labute approximate surface area is 92.1 Å². The summed E-state index contributed by atoms with van der Waals surface area (Å²) in [6.07, 6.45) is -1.23. The molecule has 0 aliphatic heterocycles. The van der Waals surface area contributed by atoms with Crippen molar-refractivity contribution in [3.05, 3.63) is 34.9 Å². The first kappa shape index (κ1) is 12.4. The van der Waals surface area contributed by atoms with Crippen LogP contribution in [0.1, 0.15) is 19.8 Å². The van der Waals surface area contributed by atoms with Gasteiger partial charge in [0.1, 0.15) is 0 Å². The predicted molar refractivity (Wildman–Crippen MR) is 55.6 cm³/mol. The second kappa shape index (κ2) is 4.44. The highest BCUT2D eigenvalue weighted by molar-refractivity contribution is 6.32. The predicted octanol–water partition coefficient (Wildman–Crippen LogP) is 4.58. The second-order valence-corrected chi connectivity index (χ2v) is 3.88. The van der Waals surface area contributed by atoms with Crippen LogP contribution in [0.25, 0.3) is 0 Å². The fourth-order valence-electron chi connectivity index (χ4n) is 1.64. The number of allylic oxidation sites excluding steroid dienone is 5. The summed E-state index contributed by atoms with van der Waals surface area (Å²) >= 11 is 5.94. The van der Waals surface area contributed by atoms with Crippen molar-refractivity contribution in [2.45, 2.75) is 25.9 Å². The number of rotatable bonds is 1. The van der Waals surface area contributed by atoms with Crippen molar-refractivity contribution < 1.29 is 13.2 Å². The molecule has 0 amide bonds. The lowest BCUT2D eigenvalue weighted by Crippen LogP contribution is -2.26. The fourth-order valence-corrected chi connectivity index (χ4v) is 1.98. The largest absolute Gasteiger partial charge is 0.392 e. The molecule has 0 fully saturated rings. The van der Waals surface area contributed by atoms with Gasteiger partial charge in [0, 0.05) is 5.03 Å². The third kappa shape index (κ3) is 2.65. The lowest BCUT2D eigenvalue weighted by atomic mass is 9.85. The summed E-state index contributed by atoms with van der Waals surface area (Å²) in [7, 11) is 0. The molecule has 1 aliphatic rings. The molecule has 0 N–H and O–H groups in total. The van der Waals surface area contributed by atoms with Gasteiger partial charge in [0.25, 0.3) is 0 Å². The van der Waals surface area contributed by atoms with Gasteiger partial charge >= 0.3 is 6.18 Å². The van der Waals surface area contributed by atoms with E-state index in [2.05, 4.69) is 6.58 Å². The standard InChI is InChI=1S/C11H12ClF3/c1-3-7-5-9(11(13,14)15)6-8(4-2)10(7)12/h3-4,9H,1,5-6H2,2H3/b8-4+. The van der Waals surface area contributed by atoms with E-state index in [4.69, 9.17) is 11.6 Å². The molecule has 0 bridgehead atoms. The first-order valence-electron chi connectivity index (χ1n) is 4.63. The zero-order chi connectivity index (χ0) is 11.6. The van der Waals surface area contributed by atoms with E-state index < -0.39 is 12.1 Å². The van der Waals surface area contributed by atoms with Crippen LogP contribution in [-0.2, 0) is 0 Å². The summed E-state index contributed by atoms with van der Waals surface area (Å²) in [5, 5.41) is 0.424. The maximum Gasteiger partial charge on any atom is 0.392 e. The summed E-state index contributed by atoms with van der Waals surface area (Å²) in [5.41, 5.74) is 1.04. The molecule has 4 heteroatoms. The Morgan fingerprint density at radius 1 is 1.40 bits per heavy atom. The minimum absolute atomic E-state index is 0.0316. The molecule has 1 atom stereocenters. The summed E-state index contributed by atoms with van der Waals surface area (Å²) in [6.45, 7) is 5.17. The molecule has 0 aromatic rings. The molecule has 0 saturated carbocycles. The molecule has 0 saturated heterocycles. The lowest BCUT2D eigenvalue weighted by molar-refractivity contribution is -0.174. The van der Waals surface area contributed by atoms with Gasteiger partial charge in [0.2, 0.25) is 0 Å². The van der Waals surface area contributed by atoms with E-state index in [9.17, 15) is 13.2 Å². The molecule has 84 valence electrons. The minimum atomic E-state index is -4.17. The average Bonchev–Trinajstić information content (AvgIpc) is 2.16. The fraction of sp³-hybridized carbons (Fsp3) is 0.455. The van der Waals surface area contributed by atoms with Gasteiger partial charge < -0.3 is 0 Å². The number of hydrogen-bond acceptors (Lipinski definition) is 0. The first-order valence-corrected chi connectivity index (χ1v) is 5.01. The zero-order valence-electron chi connectivity index (χ0n) is 8.37. The summed E-state index contributed by atoms with van der Waals surface area (Å²) in [4.78, 5) is 0. The molecule has 1 aliphatic carbocycles. The second-order valence-electron chi connectivity index (χ2n) is 3.50. The van der Waals surface area contributed by atoms with Crippen molar-refractivity contribution in [3.8, 4) is 0 Å². The van der Waals surface area contributed by atoms with Crippen LogP contribution in [-0.4, -0.2) is 6.18 Å². The number of hydrogen-bond donors (Lipinski definition) is 0. The van der Waals surface area contributed by atoms with Crippen LogP contribution < -0.4 is 0 Å². The number of alkyl halides is 3. The highest BCUT2D eigenvalue weighted by Crippen LogP contribution is 2.43. The van der Waals surface area contributed by atoms with Crippen LogP contribution in [0.5, 0.6) is 0 Å². The summed E-state index contributed by atoms with van der Waals surface area (Å²) in [5.74, 6) is -1.33. The Morgan fingerprint density at radius 2 is 2.00 bits per heavy atom. The Balaban J connectivity index is 3.05. The highest BCUT2D eigenvalue weighted by Gasteiger charge is 2.42. The molecule has 0 aromatic heterocycles. The highest BCUT2D eigenvalue weighted by atomic mass is 35.5. The number of halogens is 4. The van der Waals surface area contributed by atoms with Crippen molar-refractivity contribution in [3.63, 3.8) is 0 Å². The third-order valence-corrected chi connectivity index (χ3v) is 3.04. The Hall–Kier alpha value is -0.700. The van der Waals surface area contributed by atoms with Crippen molar-refractivity contribution in [1.82, 2.24) is 0 Å². The van der Waals surface area contributed by atoms with Crippen LogP contribution in [0.15, 0.2) is 34.9 Å². The topological polar surface area (TPSA) is 0 Å². The Bertz CT molecular complexity index is 323. The summed E-state index contributed by atoms with van der Waals surface area (Å²) < 4.78 is 37.7. The van der Waals surface area contributed by atoms with Gasteiger partial charge in [-0.25, -0.2) is 0 Å². The smallest absolute Gasteiger partial charge is 0.171 e. The third-order valence-electron chi connectivity index (χ3n) is 2.55. The van der Waals surface area contributed by atoms with Gasteiger partial charge in [-0.15, -0.1) is 0 Å². The van der Waals surface area contributed by atoms with Crippen molar-refractivity contribution in [2.75, 3.05) is 0 Å². The molecule has 15 heavy (non-hydrogen) atoms. The minimum Gasteiger partial charge on any atom is -0.171 e. The molecule has 0 heterocycles. The molecule has 1 rings (SSSR count). The maximum absolute atomic E-state index is 12.6.